The highest BCUT2D eigenvalue weighted by Gasteiger charge is 2.75. The van der Waals surface area contributed by atoms with Gasteiger partial charge in [-0.2, -0.15) is 46.4 Å². The van der Waals surface area contributed by atoms with Crippen molar-refractivity contribution in [3.8, 4) is 5.82 Å². The number of nitrogens with zero attached hydrogens (tertiary/aromatic N) is 6. The maximum atomic E-state index is 14.5. The summed E-state index contributed by atoms with van der Waals surface area (Å²) < 4.78 is 95.3. The van der Waals surface area contributed by atoms with E-state index in [4.69, 9.17) is 11.6 Å². The van der Waals surface area contributed by atoms with Crippen LogP contribution in [0.15, 0.2) is 42.7 Å². The number of benzene rings is 1. The minimum Gasteiger partial charge on any atom is -0.350 e. The smallest absolute Gasteiger partial charge is 0.350 e. The van der Waals surface area contributed by atoms with Gasteiger partial charge in [0.1, 0.15) is 17.9 Å². The van der Waals surface area contributed by atoms with Crippen LogP contribution in [0.4, 0.5) is 36.4 Å². The van der Waals surface area contributed by atoms with Crippen LogP contribution >= 0.6 is 34.2 Å². The molecule has 3 heterocycles. The topological polar surface area (TPSA) is 120 Å². The molecule has 240 valence electrons. The van der Waals surface area contributed by atoms with Crippen LogP contribution < -0.4 is 10.6 Å². The van der Waals surface area contributed by atoms with E-state index in [9.17, 15) is 40.3 Å². The van der Waals surface area contributed by atoms with Crippen molar-refractivity contribution in [2.75, 3.05) is 5.32 Å². The van der Waals surface area contributed by atoms with E-state index in [1.165, 1.54) is 18.3 Å². The number of hydrogen-bond donors (Lipinski definition) is 2. The SMILES string of the molecule is Cc1cc(I)cc(C(=O)NC(C)C)c1NC(=O)c1cc(Cn2ncc(C(F)(C(F)(F)F)C(F)(F)F)n2)nn1-c1ncccc1Cl. The highest BCUT2D eigenvalue weighted by atomic mass is 127. The number of pyridine rings is 1. The van der Waals surface area contributed by atoms with Crippen molar-refractivity contribution < 1.29 is 40.3 Å². The minimum absolute atomic E-state index is 0.00446. The largest absolute Gasteiger partial charge is 0.437 e. The third-order valence-corrected chi connectivity index (χ3v) is 7.03. The first-order chi connectivity index (χ1) is 20.8. The summed E-state index contributed by atoms with van der Waals surface area (Å²) in [4.78, 5) is 31.1. The van der Waals surface area contributed by atoms with Crippen LogP contribution in [-0.4, -0.2) is 60.0 Å². The molecule has 0 bridgehead atoms. The summed E-state index contributed by atoms with van der Waals surface area (Å²) in [6.07, 6.45) is -11.4. The number of hydrogen-bond acceptors (Lipinski definition) is 6. The Morgan fingerprint density at radius 1 is 1.02 bits per heavy atom. The molecule has 2 amide bonds. The first-order valence-corrected chi connectivity index (χ1v) is 14.1. The van der Waals surface area contributed by atoms with Crippen molar-refractivity contribution >= 4 is 51.7 Å². The Labute approximate surface area is 268 Å². The van der Waals surface area contributed by atoms with Crippen molar-refractivity contribution in [1.29, 1.82) is 0 Å². The molecule has 4 rings (SSSR count). The molecule has 1 aromatic carbocycles. The molecular formula is C26H21ClF7IN8O2. The van der Waals surface area contributed by atoms with Gasteiger partial charge < -0.3 is 10.6 Å². The second kappa shape index (κ2) is 12.5. The molecule has 0 radical (unpaired) electrons. The van der Waals surface area contributed by atoms with Gasteiger partial charge in [-0.3, -0.25) is 9.59 Å². The van der Waals surface area contributed by atoms with Crippen molar-refractivity contribution in [3.63, 3.8) is 0 Å². The Morgan fingerprint density at radius 3 is 2.29 bits per heavy atom. The average Bonchev–Trinajstić information content (AvgIpc) is 3.55. The van der Waals surface area contributed by atoms with E-state index in [0.29, 0.717) is 13.9 Å². The lowest BCUT2D eigenvalue weighted by molar-refractivity contribution is -0.350. The van der Waals surface area contributed by atoms with Gasteiger partial charge in [0.2, 0.25) is 0 Å². The van der Waals surface area contributed by atoms with E-state index in [2.05, 4.69) is 30.9 Å². The normalized spacial score (nSPS) is 12.5. The number of rotatable bonds is 8. The molecule has 4 aromatic rings. The number of carbonyl (C=O) groups excluding carboxylic acids is 2. The van der Waals surface area contributed by atoms with Gasteiger partial charge in [0.05, 0.1) is 28.2 Å². The number of carbonyl (C=O) groups is 2. The zero-order chi connectivity index (χ0) is 33.5. The summed E-state index contributed by atoms with van der Waals surface area (Å²) >= 11 is 8.28. The molecule has 0 unspecified atom stereocenters. The Kier molecular flexibility index (Phi) is 9.49. The van der Waals surface area contributed by atoms with E-state index in [-0.39, 0.29) is 45.7 Å². The Balaban J connectivity index is 1.75. The fourth-order valence-corrected chi connectivity index (χ4v) is 5.08. The Bertz CT molecular complexity index is 1740. The Hall–Kier alpha value is -3.81. The van der Waals surface area contributed by atoms with Gasteiger partial charge in [0.15, 0.2) is 5.82 Å². The van der Waals surface area contributed by atoms with Crippen LogP contribution in [0.1, 0.15) is 51.6 Å². The summed E-state index contributed by atoms with van der Waals surface area (Å²) in [5.41, 5.74) is -7.36. The zero-order valence-electron chi connectivity index (χ0n) is 23.2. The number of aromatic nitrogens is 6. The van der Waals surface area contributed by atoms with Crippen LogP contribution in [0.25, 0.3) is 5.82 Å². The number of halogens is 9. The van der Waals surface area contributed by atoms with E-state index >= 15 is 0 Å². The molecule has 0 aliphatic heterocycles. The molecule has 0 atom stereocenters. The zero-order valence-corrected chi connectivity index (χ0v) is 26.1. The van der Waals surface area contributed by atoms with Crippen LogP contribution in [0.5, 0.6) is 0 Å². The molecule has 45 heavy (non-hydrogen) atoms. The molecule has 0 aliphatic rings. The molecule has 10 nitrogen and oxygen atoms in total. The van der Waals surface area contributed by atoms with Crippen molar-refractivity contribution in [1.82, 2.24) is 35.1 Å². The lowest BCUT2D eigenvalue weighted by Gasteiger charge is -2.27. The van der Waals surface area contributed by atoms with Gasteiger partial charge in [0.25, 0.3) is 11.8 Å². The van der Waals surface area contributed by atoms with Gasteiger partial charge in [-0.25, -0.2) is 14.1 Å². The number of nitrogens with one attached hydrogen (secondary N) is 2. The fourth-order valence-electron chi connectivity index (χ4n) is 4.10. The van der Waals surface area contributed by atoms with E-state index < -0.39 is 42.1 Å². The minimum atomic E-state index is -6.38. The molecular weight excluding hydrogens is 752 g/mol. The Morgan fingerprint density at radius 2 is 1.69 bits per heavy atom. The monoisotopic (exact) mass is 772 g/mol. The second-order valence-corrected chi connectivity index (χ2v) is 11.5. The number of anilines is 1. The predicted octanol–water partition coefficient (Wildman–Crippen LogP) is 6.15. The molecule has 19 heteroatoms. The average molecular weight is 773 g/mol. The number of amides is 2. The molecule has 3 aromatic heterocycles. The van der Waals surface area contributed by atoms with Crippen LogP contribution in [0.2, 0.25) is 5.02 Å². The molecule has 0 saturated carbocycles. The predicted molar refractivity (Wildman–Crippen MR) is 155 cm³/mol. The third kappa shape index (κ3) is 6.90. The van der Waals surface area contributed by atoms with Crippen LogP contribution in [0, 0.1) is 10.5 Å². The van der Waals surface area contributed by atoms with Gasteiger partial charge in [-0.05, 0) is 79.3 Å². The van der Waals surface area contributed by atoms with E-state index in [0.717, 1.165) is 10.7 Å². The second-order valence-electron chi connectivity index (χ2n) is 9.88. The van der Waals surface area contributed by atoms with Gasteiger partial charge >= 0.3 is 18.0 Å². The first kappa shape index (κ1) is 34.1. The summed E-state index contributed by atoms with van der Waals surface area (Å²) in [7, 11) is 0. The maximum absolute atomic E-state index is 14.5. The van der Waals surface area contributed by atoms with E-state index in [1.54, 1.807) is 32.9 Å². The van der Waals surface area contributed by atoms with Crippen molar-refractivity contribution in [2.24, 2.45) is 0 Å². The standard InChI is InChI=1S/C26H21ClF7IN8O2/c1-12(2)38-22(44)16-8-14(35)7-13(3)20(16)39-23(45)18-9-15(40-43(18)21-17(27)5-4-6-36-21)11-42-37-10-19(41-42)24(28,25(29,30)31)26(32,33)34/h4-10,12H,11H2,1-3H3,(H,38,44)(H,39,45). The van der Waals surface area contributed by atoms with Gasteiger partial charge in [-0.15, -0.1) is 0 Å². The lowest BCUT2D eigenvalue weighted by Crippen LogP contribution is -2.50. The van der Waals surface area contributed by atoms with Crippen molar-refractivity contribution in [2.45, 2.75) is 51.4 Å². The molecule has 0 saturated heterocycles. The molecule has 2 N–H and O–H groups in total. The number of aryl methyl sites for hydroxylation is 1. The van der Waals surface area contributed by atoms with Gasteiger partial charge in [-0.1, -0.05) is 11.6 Å². The maximum Gasteiger partial charge on any atom is 0.437 e. The van der Waals surface area contributed by atoms with Crippen molar-refractivity contribution in [3.05, 3.63) is 79.5 Å². The summed E-state index contributed by atoms with van der Waals surface area (Å²) in [6, 6.07) is 7.11. The highest BCUT2D eigenvalue weighted by molar-refractivity contribution is 14.1. The van der Waals surface area contributed by atoms with E-state index in [1.807, 2.05) is 22.6 Å². The molecule has 0 fully saturated rings. The molecule has 0 spiro atoms. The first-order valence-electron chi connectivity index (χ1n) is 12.7. The summed E-state index contributed by atoms with van der Waals surface area (Å²) in [5, 5.41) is 16.1. The van der Waals surface area contributed by atoms with Crippen LogP contribution in [-0.2, 0) is 12.2 Å². The number of alkyl halides is 7. The van der Waals surface area contributed by atoms with Gasteiger partial charge in [0, 0.05) is 15.8 Å². The highest BCUT2D eigenvalue weighted by Crippen LogP contribution is 2.52. The lowest BCUT2D eigenvalue weighted by atomic mass is 10.0. The summed E-state index contributed by atoms with van der Waals surface area (Å²) in [6.45, 7) is 4.49. The fraction of sp³-hybridized carbons (Fsp3) is 0.308. The van der Waals surface area contributed by atoms with Crippen LogP contribution in [0.3, 0.4) is 0 Å². The third-order valence-electron chi connectivity index (χ3n) is 6.11. The quantitative estimate of drug-likeness (QED) is 0.164. The summed E-state index contributed by atoms with van der Waals surface area (Å²) in [5.74, 6) is -1.35. The molecule has 0 aliphatic carbocycles.